The molecule has 0 unspecified atom stereocenters. The predicted octanol–water partition coefficient (Wildman–Crippen LogP) is 4.89. The highest BCUT2D eigenvalue weighted by atomic mass is 32.1. The summed E-state index contributed by atoms with van der Waals surface area (Å²) in [4.78, 5) is 16.8. The number of unbranched alkanes of at least 4 members (excludes halogenated alkanes) is 2. The van der Waals surface area contributed by atoms with Crippen LogP contribution in [0.2, 0.25) is 0 Å². The Labute approximate surface area is 157 Å². The zero-order valence-corrected chi connectivity index (χ0v) is 15.8. The highest BCUT2D eigenvalue weighted by Crippen LogP contribution is 2.20. The summed E-state index contributed by atoms with van der Waals surface area (Å²) in [6.45, 7) is 4.06. The molecule has 1 N–H and O–H groups in total. The van der Waals surface area contributed by atoms with Crippen LogP contribution in [-0.2, 0) is 6.42 Å². The van der Waals surface area contributed by atoms with Crippen LogP contribution in [0.4, 0.5) is 5.13 Å². The molecule has 2 aromatic heterocycles. The molecule has 0 fully saturated rings. The highest BCUT2D eigenvalue weighted by molar-refractivity contribution is 7.15. The SMILES string of the molecule is CCCCCc1ccc(-c2ccc(C(=O)Nc3nnc(C)s3)cc2)nc1. The predicted molar refractivity (Wildman–Crippen MR) is 106 cm³/mol. The number of nitrogens with zero attached hydrogens (tertiary/aromatic N) is 3. The molecule has 0 bridgehead atoms. The van der Waals surface area contributed by atoms with Gasteiger partial charge < -0.3 is 0 Å². The molecule has 0 spiro atoms. The van der Waals surface area contributed by atoms with E-state index in [4.69, 9.17) is 0 Å². The van der Waals surface area contributed by atoms with Crippen LogP contribution in [0.3, 0.4) is 0 Å². The average molecular weight is 366 g/mol. The van der Waals surface area contributed by atoms with Crippen LogP contribution < -0.4 is 5.32 Å². The lowest BCUT2D eigenvalue weighted by molar-refractivity contribution is 0.102. The summed E-state index contributed by atoms with van der Waals surface area (Å²) in [5, 5.41) is 11.9. The van der Waals surface area contributed by atoms with Crippen molar-refractivity contribution in [2.24, 2.45) is 0 Å². The number of pyridine rings is 1. The Kier molecular flexibility index (Phi) is 6.07. The fourth-order valence-electron chi connectivity index (χ4n) is 2.63. The molecule has 0 radical (unpaired) electrons. The van der Waals surface area contributed by atoms with E-state index < -0.39 is 0 Å². The van der Waals surface area contributed by atoms with E-state index in [1.54, 1.807) is 12.1 Å². The molecule has 0 aliphatic carbocycles. The maximum Gasteiger partial charge on any atom is 0.257 e. The Morgan fingerprint density at radius 1 is 1.08 bits per heavy atom. The van der Waals surface area contributed by atoms with E-state index in [9.17, 15) is 4.79 Å². The van der Waals surface area contributed by atoms with Crippen molar-refractivity contribution < 1.29 is 4.79 Å². The smallest absolute Gasteiger partial charge is 0.257 e. The molecule has 1 aromatic carbocycles. The summed E-state index contributed by atoms with van der Waals surface area (Å²) < 4.78 is 0. The van der Waals surface area contributed by atoms with Crippen molar-refractivity contribution in [1.82, 2.24) is 15.2 Å². The van der Waals surface area contributed by atoms with Crippen LogP contribution in [0.5, 0.6) is 0 Å². The van der Waals surface area contributed by atoms with Gasteiger partial charge in [-0.1, -0.05) is 49.3 Å². The minimum atomic E-state index is -0.188. The molecule has 0 aliphatic heterocycles. The number of anilines is 1. The van der Waals surface area contributed by atoms with E-state index in [1.807, 2.05) is 31.3 Å². The Balaban J connectivity index is 1.64. The number of hydrogen-bond acceptors (Lipinski definition) is 5. The molecule has 3 aromatic rings. The third-order valence-electron chi connectivity index (χ3n) is 4.08. The van der Waals surface area contributed by atoms with Gasteiger partial charge in [-0.25, -0.2) is 0 Å². The molecule has 1 amide bonds. The second-order valence-corrected chi connectivity index (χ2v) is 7.35. The van der Waals surface area contributed by atoms with Crippen molar-refractivity contribution in [3.05, 3.63) is 58.7 Å². The van der Waals surface area contributed by atoms with E-state index >= 15 is 0 Å². The van der Waals surface area contributed by atoms with E-state index in [0.717, 1.165) is 22.7 Å². The Hall–Kier alpha value is -2.60. The molecular weight excluding hydrogens is 344 g/mol. The summed E-state index contributed by atoms with van der Waals surface area (Å²) in [5.41, 5.74) is 3.76. The van der Waals surface area contributed by atoms with Crippen LogP contribution >= 0.6 is 11.3 Å². The van der Waals surface area contributed by atoms with Crippen molar-refractivity contribution in [3.8, 4) is 11.3 Å². The van der Waals surface area contributed by atoms with E-state index in [-0.39, 0.29) is 5.91 Å². The van der Waals surface area contributed by atoms with E-state index in [2.05, 4.69) is 33.5 Å². The lowest BCUT2D eigenvalue weighted by atomic mass is 10.1. The van der Waals surface area contributed by atoms with Gasteiger partial charge in [0.1, 0.15) is 5.01 Å². The van der Waals surface area contributed by atoms with Crippen molar-refractivity contribution in [3.63, 3.8) is 0 Å². The molecule has 26 heavy (non-hydrogen) atoms. The van der Waals surface area contributed by atoms with Gasteiger partial charge in [0.25, 0.3) is 5.91 Å². The van der Waals surface area contributed by atoms with Crippen molar-refractivity contribution in [2.75, 3.05) is 5.32 Å². The Morgan fingerprint density at radius 3 is 2.50 bits per heavy atom. The zero-order chi connectivity index (χ0) is 18.4. The normalized spacial score (nSPS) is 10.7. The molecule has 134 valence electrons. The topological polar surface area (TPSA) is 67.8 Å². The fraction of sp³-hybridized carbons (Fsp3) is 0.300. The lowest BCUT2D eigenvalue weighted by Gasteiger charge is -2.05. The maximum absolute atomic E-state index is 12.3. The number of carbonyl (C=O) groups is 1. The van der Waals surface area contributed by atoms with Gasteiger partial charge in [0.05, 0.1) is 5.69 Å². The van der Waals surface area contributed by atoms with E-state index in [1.165, 1.54) is 36.2 Å². The first-order chi connectivity index (χ1) is 12.7. The van der Waals surface area contributed by atoms with Gasteiger partial charge in [-0.05, 0) is 43.5 Å². The van der Waals surface area contributed by atoms with Gasteiger partial charge in [-0.2, -0.15) is 0 Å². The minimum Gasteiger partial charge on any atom is -0.296 e. The quantitative estimate of drug-likeness (QED) is 0.604. The summed E-state index contributed by atoms with van der Waals surface area (Å²) >= 11 is 1.35. The van der Waals surface area contributed by atoms with Crippen molar-refractivity contribution in [1.29, 1.82) is 0 Å². The lowest BCUT2D eigenvalue weighted by Crippen LogP contribution is -2.11. The monoisotopic (exact) mass is 366 g/mol. The number of benzene rings is 1. The van der Waals surface area contributed by atoms with Crippen molar-refractivity contribution in [2.45, 2.75) is 39.5 Å². The molecular formula is C20H22N4OS. The van der Waals surface area contributed by atoms with Gasteiger partial charge in [0.2, 0.25) is 5.13 Å². The summed E-state index contributed by atoms with van der Waals surface area (Å²) in [6, 6.07) is 11.6. The third kappa shape index (κ3) is 4.73. The molecule has 0 atom stereocenters. The number of aryl methyl sites for hydroxylation is 2. The first kappa shape index (κ1) is 18.2. The molecule has 6 heteroatoms. The standard InChI is InChI=1S/C20H22N4OS/c1-3-4-5-6-15-7-12-18(21-13-15)16-8-10-17(11-9-16)19(25)22-20-24-23-14(2)26-20/h7-13H,3-6H2,1-2H3,(H,22,24,25). The van der Waals surface area contributed by atoms with Crippen LogP contribution in [-0.4, -0.2) is 21.1 Å². The summed E-state index contributed by atoms with van der Waals surface area (Å²) in [6.07, 6.45) is 6.70. The number of amides is 1. The summed E-state index contributed by atoms with van der Waals surface area (Å²) in [7, 11) is 0. The van der Waals surface area contributed by atoms with Gasteiger partial charge in [0.15, 0.2) is 0 Å². The third-order valence-corrected chi connectivity index (χ3v) is 4.84. The highest BCUT2D eigenvalue weighted by Gasteiger charge is 2.09. The maximum atomic E-state index is 12.3. The van der Waals surface area contributed by atoms with Gasteiger partial charge in [-0.15, -0.1) is 10.2 Å². The number of carbonyl (C=O) groups excluding carboxylic acids is 1. The molecule has 2 heterocycles. The number of nitrogens with one attached hydrogen (secondary N) is 1. The van der Waals surface area contributed by atoms with Gasteiger partial charge in [0, 0.05) is 17.3 Å². The fourth-order valence-corrected chi connectivity index (χ4v) is 3.22. The number of aromatic nitrogens is 3. The molecule has 0 aliphatic rings. The largest absolute Gasteiger partial charge is 0.296 e. The van der Waals surface area contributed by atoms with Gasteiger partial charge in [-0.3, -0.25) is 15.1 Å². The molecule has 0 saturated heterocycles. The minimum absolute atomic E-state index is 0.188. The second-order valence-electron chi connectivity index (χ2n) is 6.17. The number of rotatable bonds is 7. The molecule has 3 rings (SSSR count). The van der Waals surface area contributed by atoms with Crippen LogP contribution in [0.15, 0.2) is 42.6 Å². The first-order valence-electron chi connectivity index (χ1n) is 8.82. The van der Waals surface area contributed by atoms with Crippen LogP contribution in [0.25, 0.3) is 11.3 Å². The van der Waals surface area contributed by atoms with Crippen LogP contribution in [0, 0.1) is 6.92 Å². The molecule has 5 nitrogen and oxygen atoms in total. The van der Waals surface area contributed by atoms with Crippen molar-refractivity contribution >= 4 is 22.4 Å². The van der Waals surface area contributed by atoms with Gasteiger partial charge >= 0.3 is 0 Å². The van der Waals surface area contributed by atoms with Crippen LogP contribution in [0.1, 0.15) is 47.1 Å². The zero-order valence-electron chi connectivity index (χ0n) is 15.0. The summed E-state index contributed by atoms with van der Waals surface area (Å²) in [5.74, 6) is -0.188. The average Bonchev–Trinajstić information content (AvgIpc) is 3.07. The Morgan fingerprint density at radius 2 is 1.88 bits per heavy atom. The molecule has 0 saturated carbocycles. The first-order valence-corrected chi connectivity index (χ1v) is 9.64. The van der Waals surface area contributed by atoms with E-state index in [0.29, 0.717) is 10.7 Å². The number of hydrogen-bond donors (Lipinski definition) is 1. The second kappa shape index (κ2) is 8.67. The Bertz CT molecular complexity index is 856.